The lowest BCUT2D eigenvalue weighted by Crippen LogP contribution is -2.06. The van der Waals surface area contributed by atoms with Crippen LogP contribution in [0, 0.1) is 0 Å². The monoisotopic (exact) mass is 392 g/mol. The standard InChI is InChI=1S/C19H12ClF3N2O2/c1-27-18-7-4-11(15-9-17(19(21,22)23)24-25(15)18)10-2-3-12-13(8-10)14(20)5-6-16(12)26/h2-5,7-9H,6H2,1H3. The van der Waals surface area contributed by atoms with Gasteiger partial charge in [0.2, 0.25) is 5.88 Å². The Morgan fingerprint density at radius 1 is 1.11 bits per heavy atom. The molecular weight excluding hydrogens is 381 g/mol. The minimum absolute atomic E-state index is 0.0514. The van der Waals surface area contributed by atoms with Crippen molar-refractivity contribution >= 4 is 27.9 Å². The number of ketones is 1. The number of alkyl halides is 3. The number of benzene rings is 1. The second kappa shape index (κ2) is 6.13. The number of allylic oxidation sites excluding steroid dienone is 1. The molecule has 0 fully saturated rings. The summed E-state index contributed by atoms with van der Waals surface area (Å²) in [6.45, 7) is 0. The average Bonchev–Trinajstić information content (AvgIpc) is 3.09. The van der Waals surface area contributed by atoms with Crippen LogP contribution < -0.4 is 4.74 Å². The zero-order valence-corrected chi connectivity index (χ0v) is 14.7. The van der Waals surface area contributed by atoms with Gasteiger partial charge in [-0.1, -0.05) is 29.8 Å². The summed E-state index contributed by atoms with van der Waals surface area (Å²) < 4.78 is 45.6. The molecule has 4 rings (SSSR count). The Balaban J connectivity index is 1.95. The van der Waals surface area contributed by atoms with Crippen molar-refractivity contribution in [3.8, 4) is 17.0 Å². The van der Waals surface area contributed by atoms with Crippen LogP contribution in [0.5, 0.6) is 5.88 Å². The smallest absolute Gasteiger partial charge is 0.435 e. The lowest BCUT2D eigenvalue weighted by atomic mass is 9.92. The van der Waals surface area contributed by atoms with E-state index in [4.69, 9.17) is 16.3 Å². The number of Topliss-reactive ketones (excluding diaryl/α,β-unsaturated/α-hetero) is 1. The second-order valence-corrected chi connectivity index (χ2v) is 6.46. The quantitative estimate of drug-likeness (QED) is 0.602. The highest BCUT2D eigenvalue weighted by molar-refractivity contribution is 6.50. The first kappa shape index (κ1) is 17.6. The first-order valence-electron chi connectivity index (χ1n) is 7.97. The fraction of sp³-hybridized carbons (Fsp3) is 0.158. The van der Waals surface area contributed by atoms with Gasteiger partial charge in [-0.2, -0.15) is 22.8 Å². The summed E-state index contributed by atoms with van der Waals surface area (Å²) in [5, 5.41) is 4.08. The number of methoxy groups -OCH3 is 1. The van der Waals surface area contributed by atoms with E-state index in [2.05, 4.69) is 5.10 Å². The summed E-state index contributed by atoms with van der Waals surface area (Å²) in [5.41, 5.74) is 1.43. The average molecular weight is 393 g/mol. The number of aromatic nitrogens is 2. The number of pyridine rings is 1. The van der Waals surface area contributed by atoms with Gasteiger partial charge in [0.15, 0.2) is 11.5 Å². The number of carbonyl (C=O) groups excluding carboxylic acids is 1. The van der Waals surface area contributed by atoms with Gasteiger partial charge < -0.3 is 4.74 Å². The van der Waals surface area contributed by atoms with Crippen molar-refractivity contribution in [3.05, 3.63) is 59.3 Å². The first-order chi connectivity index (χ1) is 12.8. The molecule has 1 aliphatic rings. The second-order valence-electron chi connectivity index (χ2n) is 6.05. The molecule has 0 amide bonds. The Morgan fingerprint density at radius 3 is 2.56 bits per heavy atom. The summed E-state index contributed by atoms with van der Waals surface area (Å²) >= 11 is 6.22. The minimum Gasteiger partial charge on any atom is -0.481 e. The van der Waals surface area contributed by atoms with E-state index in [1.807, 2.05) is 0 Å². The van der Waals surface area contributed by atoms with E-state index in [-0.39, 0.29) is 23.6 Å². The topological polar surface area (TPSA) is 43.6 Å². The van der Waals surface area contributed by atoms with Crippen molar-refractivity contribution in [3.63, 3.8) is 0 Å². The first-order valence-corrected chi connectivity index (χ1v) is 8.35. The zero-order valence-electron chi connectivity index (χ0n) is 14.0. The van der Waals surface area contributed by atoms with Gasteiger partial charge in [0.05, 0.1) is 12.6 Å². The summed E-state index contributed by atoms with van der Waals surface area (Å²) in [7, 11) is 1.36. The van der Waals surface area contributed by atoms with E-state index >= 15 is 0 Å². The van der Waals surface area contributed by atoms with Crippen LogP contribution in [-0.4, -0.2) is 22.5 Å². The number of nitrogens with zero attached hydrogens (tertiary/aromatic N) is 2. The third kappa shape index (κ3) is 2.88. The predicted molar refractivity (Wildman–Crippen MR) is 95.0 cm³/mol. The van der Waals surface area contributed by atoms with Crippen molar-refractivity contribution in [2.45, 2.75) is 12.6 Å². The molecule has 0 spiro atoms. The minimum atomic E-state index is -4.58. The Morgan fingerprint density at radius 2 is 1.85 bits per heavy atom. The van der Waals surface area contributed by atoms with E-state index in [0.29, 0.717) is 27.3 Å². The number of rotatable bonds is 2. The molecule has 27 heavy (non-hydrogen) atoms. The Labute approximate surface area is 156 Å². The third-order valence-electron chi connectivity index (χ3n) is 4.44. The lowest BCUT2D eigenvalue weighted by Gasteiger charge is -2.15. The van der Waals surface area contributed by atoms with Crippen molar-refractivity contribution < 1.29 is 22.7 Å². The molecule has 1 aliphatic carbocycles. The van der Waals surface area contributed by atoms with Crippen LogP contribution in [0.25, 0.3) is 21.7 Å². The molecule has 0 unspecified atom stereocenters. The maximum Gasteiger partial charge on any atom is 0.435 e. The van der Waals surface area contributed by atoms with Crippen LogP contribution in [-0.2, 0) is 6.18 Å². The van der Waals surface area contributed by atoms with Gasteiger partial charge >= 0.3 is 6.18 Å². The molecule has 0 aliphatic heterocycles. The highest BCUT2D eigenvalue weighted by Gasteiger charge is 2.35. The molecule has 3 aromatic rings. The third-order valence-corrected chi connectivity index (χ3v) is 4.80. The van der Waals surface area contributed by atoms with E-state index in [9.17, 15) is 18.0 Å². The summed E-state index contributed by atoms with van der Waals surface area (Å²) in [6.07, 6.45) is -2.72. The molecule has 2 aromatic heterocycles. The Bertz CT molecular complexity index is 1120. The van der Waals surface area contributed by atoms with Gasteiger partial charge in [-0.05, 0) is 23.8 Å². The molecule has 0 radical (unpaired) electrons. The summed E-state index contributed by atoms with van der Waals surface area (Å²) in [4.78, 5) is 12.0. The van der Waals surface area contributed by atoms with Crippen LogP contribution in [0.15, 0.2) is 42.5 Å². The number of fused-ring (bicyclic) bond motifs is 2. The highest BCUT2D eigenvalue weighted by Crippen LogP contribution is 2.37. The number of hydrogen-bond donors (Lipinski definition) is 0. The van der Waals surface area contributed by atoms with Gasteiger partial charge in [-0.3, -0.25) is 4.79 Å². The molecular formula is C19H12ClF3N2O2. The highest BCUT2D eigenvalue weighted by atomic mass is 35.5. The maximum absolute atomic E-state index is 13.1. The van der Waals surface area contributed by atoms with Gasteiger partial charge in [0, 0.05) is 34.2 Å². The van der Waals surface area contributed by atoms with Crippen LogP contribution >= 0.6 is 11.6 Å². The van der Waals surface area contributed by atoms with Gasteiger partial charge in [-0.25, -0.2) is 0 Å². The molecule has 0 saturated heterocycles. The molecule has 2 heterocycles. The van der Waals surface area contributed by atoms with Crippen molar-refractivity contribution in [2.24, 2.45) is 0 Å². The van der Waals surface area contributed by atoms with Gasteiger partial charge in [-0.15, -0.1) is 0 Å². The number of carbonyl (C=O) groups is 1. The number of hydrogen-bond acceptors (Lipinski definition) is 3. The fourth-order valence-corrected chi connectivity index (χ4v) is 3.38. The number of halogens is 4. The van der Waals surface area contributed by atoms with E-state index in [1.165, 1.54) is 13.2 Å². The Kier molecular flexibility index (Phi) is 3.99. The predicted octanol–water partition coefficient (Wildman–Crippen LogP) is 5.19. The molecule has 8 heteroatoms. The molecule has 4 nitrogen and oxygen atoms in total. The maximum atomic E-state index is 13.1. The van der Waals surface area contributed by atoms with Crippen LogP contribution in [0.3, 0.4) is 0 Å². The van der Waals surface area contributed by atoms with Crippen molar-refractivity contribution in [1.82, 2.24) is 9.61 Å². The largest absolute Gasteiger partial charge is 0.481 e. The summed E-state index contributed by atoms with van der Waals surface area (Å²) in [5.74, 6) is 0.125. The molecule has 0 bridgehead atoms. The molecule has 0 saturated carbocycles. The summed E-state index contributed by atoms with van der Waals surface area (Å²) in [6, 6.07) is 9.20. The molecule has 138 valence electrons. The van der Waals surface area contributed by atoms with E-state index in [0.717, 1.165) is 10.6 Å². The van der Waals surface area contributed by atoms with E-state index < -0.39 is 11.9 Å². The number of ether oxygens (including phenoxy) is 1. The van der Waals surface area contributed by atoms with E-state index in [1.54, 1.807) is 30.3 Å². The zero-order chi connectivity index (χ0) is 19.3. The molecule has 0 N–H and O–H groups in total. The molecule has 1 aromatic carbocycles. The normalized spacial score (nSPS) is 14.3. The van der Waals surface area contributed by atoms with Crippen LogP contribution in [0.1, 0.15) is 28.0 Å². The van der Waals surface area contributed by atoms with Crippen molar-refractivity contribution in [2.75, 3.05) is 7.11 Å². The van der Waals surface area contributed by atoms with Crippen LogP contribution in [0.2, 0.25) is 0 Å². The van der Waals surface area contributed by atoms with Crippen molar-refractivity contribution in [1.29, 1.82) is 0 Å². The lowest BCUT2D eigenvalue weighted by molar-refractivity contribution is -0.141. The van der Waals surface area contributed by atoms with Gasteiger partial charge in [0.1, 0.15) is 0 Å². The fourth-order valence-electron chi connectivity index (χ4n) is 3.14. The van der Waals surface area contributed by atoms with Crippen LogP contribution in [0.4, 0.5) is 13.2 Å². The van der Waals surface area contributed by atoms with Gasteiger partial charge in [0.25, 0.3) is 0 Å². The Hall–Kier alpha value is -2.80. The SMILES string of the molecule is COc1ccc(-c2ccc3c(c2)C(Cl)=CCC3=O)c2cc(C(F)(F)F)nn12. The molecule has 0 atom stereocenters.